The van der Waals surface area contributed by atoms with E-state index in [1.54, 1.807) is 19.9 Å². The fourth-order valence-corrected chi connectivity index (χ4v) is 2.96. The van der Waals surface area contributed by atoms with Gasteiger partial charge in [0.05, 0.1) is 23.9 Å². The number of carbonyl (C=O) groups excluding carboxylic acids is 1. The molecule has 0 aliphatic carbocycles. The highest BCUT2D eigenvalue weighted by atomic mass is 19.4. The van der Waals surface area contributed by atoms with E-state index in [4.69, 9.17) is 4.74 Å². The number of allylic oxidation sites excluding steroid dienone is 1. The van der Waals surface area contributed by atoms with Gasteiger partial charge in [-0.05, 0) is 25.5 Å². The molecule has 8 heteroatoms. The SMILES string of the molecule is CCOC(=O)C1=C(C)Nc2ccnn2C1c1ccccc1C(F)(F)F. The third-order valence-corrected chi connectivity index (χ3v) is 3.96. The number of esters is 1. The topological polar surface area (TPSA) is 56.1 Å². The minimum absolute atomic E-state index is 0.0520. The summed E-state index contributed by atoms with van der Waals surface area (Å²) in [6.07, 6.45) is -3.09. The van der Waals surface area contributed by atoms with Gasteiger partial charge in [0.15, 0.2) is 0 Å². The summed E-state index contributed by atoms with van der Waals surface area (Å²) in [6.45, 7) is 3.39. The molecule has 0 radical (unpaired) electrons. The number of hydrogen-bond acceptors (Lipinski definition) is 4. The molecule has 3 rings (SSSR count). The first kappa shape index (κ1) is 17.1. The first-order valence-corrected chi connectivity index (χ1v) is 7.69. The average molecular weight is 351 g/mol. The van der Waals surface area contributed by atoms with Crippen molar-refractivity contribution in [1.29, 1.82) is 0 Å². The summed E-state index contributed by atoms with van der Waals surface area (Å²) in [4.78, 5) is 12.4. The van der Waals surface area contributed by atoms with E-state index in [-0.39, 0.29) is 17.7 Å². The van der Waals surface area contributed by atoms with E-state index >= 15 is 0 Å². The molecule has 0 fully saturated rings. The highest BCUT2D eigenvalue weighted by Crippen LogP contribution is 2.41. The second-order valence-corrected chi connectivity index (χ2v) is 5.53. The van der Waals surface area contributed by atoms with Crippen LogP contribution in [0.2, 0.25) is 0 Å². The minimum Gasteiger partial charge on any atom is -0.463 e. The maximum atomic E-state index is 13.5. The van der Waals surface area contributed by atoms with E-state index in [2.05, 4.69) is 10.4 Å². The zero-order valence-electron chi connectivity index (χ0n) is 13.6. The number of fused-ring (bicyclic) bond motifs is 1. The number of carbonyl (C=O) groups is 1. The largest absolute Gasteiger partial charge is 0.463 e. The van der Waals surface area contributed by atoms with Crippen LogP contribution in [0.1, 0.15) is 31.0 Å². The van der Waals surface area contributed by atoms with E-state index < -0.39 is 23.8 Å². The second-order valence-electron chi connectivity index (χ2n) is 5.53. The van der Waals surface area contributed by atoms with Crippen molar-refractivity contribution in [3.8, 4) is 0 Å². The highest BCUT2D eigenvalue weighted by Gasteiger charge is 2.40. The molecule has 25 heavy (non-hydrogen) atoms. The van der Waals surface area contributed by atoms with Crippen LogP contribution in [0.5, 0.6) is 0 Å². The van der Waals surface area contributed by atoms with Crippen molar-refractivity contribution in [1.82, 2.24) is 9.78 Å². The molecule has 1 atom stereocenters. The monoisotopic (exact) mass is 351 g/mol. The standard InChI is InChI=1S/C17H16F3N3O2/c1-3-25-16(24)14-10(2)22-13-8-9-21-23(13)15(14)11-6-4-5-7-12(11)17(18,19)20/h4-9,15,22H,3H2,1-2H3. The predicted molar refractivity (Wildman–Crippen MR) is 84.8 cm³/mol. The maximum Gasteiger partial charge on any atom is 0.416 e. The van der Waals surface area contributed by atoms with Crippen LogP contribution in [-0.2, 0) is 15.7 Å². The van der Waals surface area contributed by atoms with E-state index in [1.165, 1.54) is 29.1 Å². The van der Waals surface area contributed by atoms with Gasteiger partial charge in [0.25, 0.3) is 0 Å². The van der Waals surface area contributed by atoms with E-state index in [1.807, 2.05) is 0 Å². The Morgan fingerprint density at radius 1 is 1.32 bits per heavy atom. The number of alkyl halides is 3. The molecule has 0 saturated carbocycles. The van der Waals surface area contributed by atoms with Crippen molar-refractivity contribution in [3.05, 3.63) is 58.9 Å². The van der Waals surface area contributed by atoms with Crippen LogP contribution in [0, 0.1) is 0 Å². The molecule has 2 heterocycles. The molecule has 0 spiro atoms. The maximum absolute atomic E-state index is 13.5. The number of benzene rings is 1. The number of hydrogen-bond donors (Lipinski definition) is 1. The summed E-state index contributed by atoms with van der Waals surface area (Å²) in [5.74, 6) is -0.164. The molecular formula is C17H16F3N3O2. The molecular weight excluding hydrogens is 335 g/mol. The lowest BCUT2D eigenvalue weighted by molar-refractivity contribution is -0.141. The van der Waals surface area contributed by atoms with Gasteiger partial charge < -0.3 is 10.1 Å². The summed E-state index contributed by atoms with van der Waals surface area (Å²) >= 11 is 0. The lowest BCUT2D eigenvalue weighted by atomic mass is 9.91. The number of ether oxygens (including phenoxy) is 1. The first-order chi connectivity index (χ1) is 11.8. The molecule has 1 aliphatic rings. The number of halogens is 3. The van der Waals surface area contributed by atoms with E-state index in [0.717, 1.165) is 6.07 Å². The van der Waals surface area contributed by atoms with Crippen molar-refractivity contribution < 1.29 is 22.7 Å². The van der Waals surface area contributed by atoms with Gasteiger partial charge in [-0.1, -0.05) is 18.2 Å². The number of aromatic nitrogens is 2. The van der Waals surface area contributed by atoms with Crippen LogP contribution in [-0.4, -0.2) is 22.4 Å². The Morgan fingerprint density at radius 3 is 2.72 bits per heavy atom. The Bertz CT molecular complexity index is 840. The Hall–Kier alpha value is -2.77. The zero-order valence-corrected chi connectivity index (χ0v) is 13.6. The van der Waals surface area contributed by atoms with Crippen LogP contribution in [0.15, 0.2) is 47.8 Å². The molecule has 1 N–H and O–H groups in total. The fourth-order valence-electron chi connectivity index (χ4n) is 2.96. The smallest absolute Gasteiger partial charge is 0.416 e. The summed E-state index contributed by atoms with van der Waals surface area (Å²) in [5.41, 5.74) is -0.315. The normalized spacial score (nSPS) is 17.1. The number of nitrogens with zero attached hydrogens (tertiary/aromatic N) is 2. The van der Waals surface area contributed by atoms with Gasteiger partial charge in [-0.2, -0.15) is 18.3 Å². The first-order valence-electron chi connectivity index (χ1n) is 7.69. The molecule has 1 aliphatic heterocycles. The second kappa shape index (κ2) is 6.27. The van der Waals surface area contributed by atoms with Crippen molar-refractivity contribution in [2.45, 2.75) is 26.1 Å². The van der Waals surface area contributed by atoms with Crippen molar-refractivity contribution in [2.75, 3.05) is 11.9 Å². The summed E-state index contributed by atoms with van der Waals surface area (Å²) in [7, 11) is 0. The van der Waals surface area contributed by atoms with Crippen LogP contribution < -0.4 is 5.32 Å². The Kier molecular flexibility index (Phi) is 4.28. The Labute approximate surface area is 142 Å². The van der Waals surface area contributed by atoms with Gasteiger partial charge in [-0.3, -0.25) is 0 Å². The molecule has 0 amide bonds. The molecule has 2 aromatic rings. The average Bonchev–Trinajstić information content (AvgIpc) is 3.00. The van der Waals surface area contributed by atoms with Gasteiger partial charge in [-0.15, -0.1) is 0 Å². The quantitative estimate of drug-likeness (QED) is 0.856. The molecule has 0 saturated heterocycles. The van der Waals surface area contributed by atoms with Crippen molar-refractivity contribution >= 4 is 11.8 Å². The van der Waals surface area contributed by atoms with Crippen LogP contribution in [0.4, 0.5) is 19.0 Å². The lowest BCUT2D eigenvalue weighted by Crippen LogP contribution is -2.30. The fraction of sp³-hybridized carbons (Fsp3) is 0.294. The van der Waals surface area contributed by atoms with Gasteiger partial charge >= 0.3 is 12.1 Å². The van der Waals surface area contributed by atoms with Gasteiger partial charge in [0.2, 0.25) is 0 Å². The van der Waals surface area contributed by atoms with E-state index in [0.29, 0.717) is 11.5 Å². The van der Waals surface area contributed by atoms with Crippen LogP contribution in [0.3, 0.4) is 0 Å². The molecule has 1 aromatic heterocycles. The molecule has 1 aromatic carbocycles. The van der Waals surface area contributed by atoms with Crippen molar-refractivity contribution in [3.63, 3.8) is 0 Å². The van der Waals surface area contributed by atoms with Crippen LogP contribution in [0.25, 0.3) is 0 Å². The third-order valence-electron chi connectivity index (χ3n) is 3.96. The predicted octanol–water partition coefficient (Wildman–Crippen LogP) is 3.75. The molecule has 1 unspecified atom stereocenters. The molecule has 132 valence electrons. The Balaban J connectivity index is 2.23. The summed E-state index contributed by atoms with van der Waals surface area (Å²) < 4.78 is 46.9. The lowest BCUT2D eigenvalue weighted by Gasteiger charge is -2.30. The van der Waals surface area contributed by atoms with E-state index in [9.17, 15) is 18.0 Å². The van der Waals surface area contributed by atoms with Crippen molar-refractivity contribution in [2.24, 2.45) is 0 Å². The summed E-state index contributed by atoms with van der Waals surface area (Å²) in [6, 6.07) is 5.79. The third kappa shape index (κ3) is 2.99. The highest BCUT2D eigenvalue weighted by molar-refractivity contribution is 5.92. The molecule has 0 bridgehead atoms. The number of anilines is 1. The number of rotatable bonds is 3. The van der Waals surface area contributed by atoms with Crippen LogP contribution >= 0.6 is 0 Å². The Morgan fingerprint density at radius 2 is 2.04 bits per heavy atom. The van der Waals surface area contributed by atoms with Gasteiger partial charge in [0.1, 0.15) is 11.9 Å². The molecule has 5 nitrogen and oxygen atoms in total. The summed E-state index contributed by atoms with van der Waals surface area (Å²) in [5, 5.41) is 7.10. The zero-order chi connectivity index (χ0) is 18.2. The minimum atomic E-state index is -4.55. The van der Waals surface area contributed by atoms with Gasteiger partial charge in [0, 0.05) is 11.8 Å². The number of nitrogens with one attached hydrogen (secondary N) is 1. The van der Waals surface area contributed by atoms with Gasteiger partial charge in [-0.25, -0.2) is 9.48 Å².